The highest BCUT2D eigenvalue weighted by Gasteiger charge is 2.33. The van der Waals surface area contributed by atoms with E-state index in [9.17, 15) is 9.59 Å². The predicted molar refractivity (Wildman–Crippen MR) is 46.5 cm³/mol. The topological polar surface area (TPSA) is 58.2 Å². The van der Waals surface area contributed by atoms with E-state index in [-0.39, 0.29) is 11.2 Å². The quantitative estimate of drug-likeness (QED) is 0.332. The van der Waals surface area contributed by atoms with Crippen LogP contribution in [-0.2, 0) is 4.79 Å². The first kappa shape index (κ1) is 8.73. The molecule has 1 heterocycles. The molecular weight excluding hydrogens is 184 g/mol. The second kappa shape index (κ2) is 3.36. The standard InChI is InChI=1S/C5H8N2O2S2/c1-2(11-10)3-4(8)7-5(9)6-3/h2-3,10H,1H3,(H2,6,7,8,9). The minimum atomic E-state index is -0.440. The summed E-state index contributed by atoms with van der Waals surface area (Å²) in [5.74, 6) is -0.274. The highest BCUT2D eigenvalue weighted by Crippen LogP contribution is 2.19. The van der Waals surface area contributed by atoms with E-state index in [1.807, 2.05) is 6.92 Å². The van der Waals surface area contributed by atoms with Crippen molar-refractivity contribution >= 4 is 34.4 Å². The van der Waals surface area contributed by atoms with E-state index in [4.69, 9.17) is 0 Å². The lowest BCUT2D eigenvalue weighted by atomic mass is 10.2. The Labute approximate surface area is 73.3 Å². The van der Waals surface area contributed by atoms with Gasteiger partial charge in [-0.25, -0.2) is 4.79 Å². The summed E-state index contributed by atoms with van der Waals surface area (Å²) in [6.45, 7) is 1.83. The fraction of sp³-hybridized carbons (Fsp3) is 0.600. The van der Waals surface area contributed by atoms with Gasteiger partial charge in [0.25, 0.3) is 5.91 Å². The summed E-state index contributed by atoms with van der Waals surface area (Å²) >= 11 is 3.95. The molecule has 1 aliphatic heterocycles. The summed E-state index contributed by atoms with van der Waals surface area (Å²) in [5.41, 5.74) is 0. The second-order valence-corrected chi connectivity index (χ2v) is 3.84. The van der Waals surface area contributed by atoms with Crippen molar-refractivity contribution in [3.8, 4) is 0 Å². The molecule has 1 fully saturated rings. The van der Waals surface area contributed by atoms with Crippen LogP contribution in [0.2, 0.25) is 0 Å². The minimum Gasteiger partial charge on any atom is -0.325 e. The molecular formula is C5H8N2O2S2. The average molecular weight is 192 g/mol. The maximum absolute atomic E-state index is 10.9. The number of rotatable bonds is 2. The van der Waals surface area contributed by atoms with Gasteiger partial charge in [-0.15, -0.1) is 11.7 Å². The van der Waals surface area contributed by atoms with Gasteiger partial charge in [-0.3, -0.25) is 10.1 Å². The number of nitrogens with one attached hydrogen (secondary N) is 2. The Morgan fingerprint density at radius 2 is 2.27 bits per heavy atom. The van der Waals surface area contributed by atoms with E-state index in [1.54, 1.807) is 0 Å². The van der Waals surface area contributed by atoms with Gasteiger partial charge in [0.1, 0.15) is 6.04 Å². The summed E-state index contributed by atoms with van der Waals surface area (Å²) in [5, 5.41) is 4.62. The van der Waals surface area contributed by atoms with Crippen LogP contribution in [0.15, 0.2) is 0 Å². The Hall–Kier alpha value is -0.360. The Kier molecular flexibility index (Phi) is 2.67. The van der Waals surface area contributed by atoms with Gasteiger partial charge < -0.3 is 5.32 Å². The van der Waals surface area contributed by atoms with Gasteiger partial charge in [0, 0.05) is 5.25 Å². The fourth-order valence-electron chi connectivity index (χ4n) is 0.824. The van der Waals surface area contributed by atoms with Crippen molar-refractivity contribution in [1.82, 2.24) is 10.6 Å². The van der Waals surface area contributed by atoms with Gasteiger partial charge in [-0.2, -0.15) is 0 Å². The molecule has 2 atom stereocenters. The number of hydrogen-bond donors (Lipinski definition) is 3. The SMILES string of the molecule is CC(SS)C1NC(=O)NC1=O. The number of carbonyl (C=O) groups excluding carboxylic acids is 2. The molecule has 0 aromatic rings. The maximum Gasteiger partial charge on any atom is 0.322 e. The molecule has 0 saturated carbocycles. The Balaban J connectivity index is 2.59. The molecule has 6 heteroatoms. The lowest BCUT2D eigenvalue weighted by Crippen LogP contribution is -2.36. The van der Waals surface area contributed by atoms with Crippen molar-refractivity contribution in [2.75, 3.05) is 0 Å². The average Bonchev–Trinajstić information content (AvgIpc) is 2.28. The molecule has 2 N–H and O–H groups in total. The van der Waals surface area contributed by atoms with Gasteiger partial charge >= 0.3 is 6.03 Å². The summed E-state index contributed by atoms with van der Waals surface area (Å²) < 4.78 is 0. The van der Waals surface area contributed by atoms with Crippen molar-refractivity contribution in [2.24, 2.45) is 0 Å². The van der Waals surface area contributed by atoms with E-state index >= 15 is 0 Å². The largest absolute Gasteiger partial charge is 0.325 e. The van der Waals surface area contributed by atoms with Gasteiger partial charge in [0.15, 0.2) is 0 Å². The number of thiol groups is 1. The molecule has 11 heavy (non-hydrogen) atoms. The summed E-state index contributed by atoms with van der Waals surface area (Å²) in [6.07, 6.45) is 0. The molecule has 0 spiro atoms. The van der Waals surface area contributed by atoms with Gasteiger partial charge in [0.2, 0.25) is 0 Å². The van der Waals surface area contributed by atoms with Gasteiger partial charge in [-0.05, 0) is 6.92 Å². The Morgan fingerprint density at radius 1 is 1.64 bits per heavy atom. The molecule has 0 aromatic carbocycles. The van der Waals surface area contributed by atoms with Crippen LogP contribution >= 0.6 is 22.5 Å². The predicted octanol–water partition coefficient (Wildman–Crippen LogP) is 0.161. The van der Waals surface area contributed by atoms with Crippen molar-refractivity contribution in [3.05, 3.63) is 0 Å². The third-order valence-corrected chi connectivity index (χ3v) is 3.04. The third kappa shape index (κ3) is 1.81. The van der Waals surface area contributed by atoms with Crippen LogP contribution in [0.3, 0.4) is 0 Å². The first-order chi connectivity index (χ1) is 5.15. The van der Waals surface area contributed by atoms with Crippen molar-refractivity contribution in [1.29, 1.82) is 0 Å². The molecule has 0 aliphatic carbocycles. The van der Waals surface area contributed by atoms with Crippen molar-refractivity contribution < 1.29 is 9.59 Å². The molecule has 1 rings (SSSR count). The third-order valence-electron chi connectivity index (χ3n) is 1.44. The number of urea groups is 1. The summed E-state index contributed by atoms with van der Waals surface area (Å²) in [6, 6.07) is -0.862. The summed E-state index contributed by atoms with van der Waals surface area (Å²) in [7, 11) is 1.25. The van der Waals surface area contributed by atoms with Gasteiger partial charge in [0.05, 0.1) is 0 Å². The summed E-state index contributed by atoms with van der Waals surface area (Å²) in [4.78, 5) is 21.6. The van der Waals surface area contributed by atoms with Crippen LogP contribution in [0.1, 0.15) is 6.92 Å². The van der Waals surface area contributed by atoms with Crippen LogP contribution in [0.25, 0.3) is 0 Å². The monoisotopic (exact) mass is 192 g/mol. The molecule has 0 bridgehead atoms. The van der Waals surface area contributed by atoms with E-state index in [2.05, 4.69) is 22.3 Å². The zero-order valence-electron chi connectivity index (χ0n) is 5.83. The Bertz CT molecular complexity index is 197. The molecule has 0 radical (unpaired) electrons. The van der Waals surface area contributed by atoms with Crippen LogP contribution in [0, 0.1) is 0 Å². The van der Waals surface area contributed by atoms with Gasteiger partial charge in [-0.1, -0.05) is 10.8 Å². The van der Waals surface area contributed by atoms with Crippen molar-refractivity contribution in [3.63, 3.8) is 0 Å². The maximum atomic E-state index is 10.9. The minimum absolute atomic E-state index is 0.00946. The van der Waals surface area contributed by atoms with Crippen molar-refractivity contribution in [2.45, 2.75) is 18.2 Å². The smallest absolute Gasteiger partial charge is 0.322 e. The van der Waals surface area contributed by atoms with Crippen LogP contribution in [-0.4, -0.2) is 23.2 Å². The molecule has 62 valence electrons. The molecule has 1 saturated heterocycles. The first-order valence-corrected chi connectivity index (χ1v) is 5.00. The number of imide groups is 1. The molecule has 3 amide bonds. The molecule has 0 aromatic heterocycles. The highest BCUT2D eigenvalue weighted by molar-refractivity contribution is 8.68. The Morgan fingerprint density at radius 3 is 2.64 bits per heavy atom. The lowest BCUT2D eigenvalue weighted by Gasteiger charge is -2.11. The highest BCUT2D eigenvalue weighted by atomic mass is 33.1. The zero-order chi connectivity index (χ0) is 8.43. The lowest BCUT2D eigenvalue weighted by molar-refractivity contribution is -0.120. The van der Waals surface area contributed by atoms with Crippen LogP contribution in [0.5, 0.6) is 0 Å². The first-order valence-electron chi connectivity index (χ1n) is 3.06. The van der Waals surface area contributed by atoms with E-state index in [1.165, 1.54) is 10.8 Å². The van der Waals surface area contributed by atoms with E-state index in [0.29, 0.717) is 0 Å². The zero-order valence-corrected chi connectivity index (χ0v) is 7.54. The number of carbonyl (C=O) groups is 2. The second-order valence-electron chi connectivity index (χ2n) is 2.25. The molecule has 2 unspecified atom stereocenters. The normalized spacial score (nSPS) is 26.2. The van der Waals surface area contributed by atoms with Crippen LogP contribution in [0.4, 0.5) is 4.79 Å². The molecule has 4 nitrogen and oxygen atoms in total. The fourth-order valence-corrected chi connectivity index (χ4v) is 1.50. The number of amides is 3. The number of hydrogen-bond acceptors (Lipinski definition) is 4. The van der Waals surface area contributed by atoms with Crippen LogP contribution < -0.4 is 10.6 Å². The van der Waals surface area contributed by atoms with E-state index in [0.717, 1.165) is 0 Å². The molecule has 1 aliphatic rings. The van der Waals surface area contributed by atoms with E-state index < -0.39 is 12.1 Å².